The van der Waals surface area contributed by atoms with Crippen LogP contribution in [0.5, 0.6) is 0 Å². The van der Waals surface area contributed by atoms with E-state index in [1.54, 1.807) is 0 Å². The molecule has 0 atom stereocenters. The molecule has 1 heterocycles. The van der Waals surface area contributed by atoms with Gasteiger partial charge in [-0.3, -0.25) is 4.98 Å². The van der Waals surface area contributed by atoms with Gasteiger partial charge >= 0.3 is 0 Å². The first-order chi connectivity index (χ1) is 17.8. The van der Waals surface area contributed by atoms with E-state index in [2.05, 4.69) is 84.9 Å². The Hall–Kier alpha value is -4.05. The van der Waals surface area contributed by atoms with Crippen LogP contribution >= 0.6 is 0 Å². The molecule has 0 saturated heterocycles. The largest absolute Gasteiger partial charge is 0.370 e. The number of pyridine rings is 1. The summed E-state index contributed by atoms with van der Waals surface area (Å²) >= 11 is 0. The van der Waals surface area contributed by atoms with E-state index in [0.717, 1.165) is 33.6 Å². The average Bonchev–Trinajstić information content (AvgIpc) is 2.96. The molecule has 36 heavy (non-hydrogen) atoms. The first-order valence-corrected chi connectivity index (χ1v) is 12.2. The topological polar surface area (TPSA) is 31.4 Å². The highest BCUT2D eigenvalue weighted by atomic mass is 16.5. The Morgan fingerprint density at radius 1 is 0.444 bits per heavy atom. The number of nitrogens with zero attached hydrogens (tertiary/aromatic N) is 1. The summed E-state index contributed by atoms with van der Waals surface area (Å²) in [7, 11) is 0. The number of rotatable bonds is 10. The fraction of sp³-hybridized carbons (Fsp3) is 0.121. The van der Waals surface area contributed by atoms with Crippen LogP contribution in [-0.2, 0) is 34.9 Å². The molecule has 0 bridgehead atoms. The van der Waals surface area contributed by atoms with E-state index in [4.69, 9.17) is 14.5 Å². The van der Waals surface area contributed by atoms with Crippen LogP contribution in [0.2, 0.25) is 0 Å². The number of aromatic nitrogens is 1. The van der Waals surface area contributed by atoms with E-state index in [0.29, 0.717) is 19.8 Å². The summed E-state index contributed by atoms with van der Waals surface area (Å²) in [6.45, 7) is 1.36. The highest BCUT2D eigenvalue weighted by molar-refractivity contribution is 5.47. The normalized spacial score (nSPS) is 11.3. The minimum absolute atomic E-state index is 0.352. The number of hydrogen-bond donors (Lipinski definition) is 0. The van der Waals surface area contributed by atoms with Gasteiger partial charge in [0.25, 0.3) is 0 Å². The predicted molar refractivity (Wildman–Crippen MR) is 143 cm³/mol. The van der Waals surface area contributed by atoms with E-state index in [-0.39, 0.29) is 0 Å². The lowest BCUT2D eigenvalue weighted by Gasteiger charge is -2.36. The van der Waals surface area contributed by atoms with Gasteiger partial charge in [0.1, 0.15) is 5.60 Å². The number of hydrogen-bond acceptors (Lipinski definition) is 3. The molecule has 0 radical (unpaired) electrons. The maximum atomic E-state index is 6.90. The van der Waals surface area contributed by atoms with Gasteiger partial charge in [-0.1, -0.05) is 127 Å². The summed E-state index contributed by atoms with van der Waals surface area (Å²) in [6, 6.07) is 47.4. The minimum atomic E-state index is -0.773. The van der Waals surface area contributed by atoms with Crippen molar-refractivity contribution in [1.82, 2.24) is 4.98 Å². The van der Waals surface area contributed by atoms with Crippen LogP contribution in [0.1, 0.15) is 33.6 Å². The molecule has 0 aliphatic rings. The number of ether oxygens (including phenoxy) is 2. The van der Waals surface area contributed by atoms with Crippen LogP contribution in [0, 0.1) is 0 Å². The van der Waals surface area contributed by atoms with E-state index in [9.17, 15) is 0 Å². The van der Waals surface area contributed by atoms with Crippen molar-refractivity contribution in [2.75, 3.05) is 0 Å². The van der Waals surface area contributed by atoms with Crippen LogP contribution in [0.15, 0.2) is 140 Å². The molecular weight excluding hydrogens is 442 g/mol. The summed E-state index contributed by atoms with van der Waals surface area (Å²) in [5.74, 6) is 0. The molecule has 0 amide bonds. The van der Waals surface area contributed by atoms with Crippen molar-refractivity contribution in [3.8, 4) is 0 Å². The van der Waals surface area contributed by atoms with Crippen LogP contribution in [0.4, 0.5) is 0 Å². The summed E-state index contributed by atoms with van der Waals surface area (Å²) in [6.07, 6.45) is 0. The molecule has 0 aliphatic heterocycles. The Bertz CT molecular complexity index is 1240. The molecule has 0 saturated carbocycles. The molecule has 4 aromatic carbocycles. The van der Waals surface area contributed by atoms with E-state index in [1.165, 1.54) is 0 Å². The second-order valence-corrected chi connectivity index (χ2v) is 8.67. The summed E-state index contributed by atoms with van der Waals surface area (Å²) in [5, 5.41) is 0. The molecule has 0 aliphatic carbocycles. The van der Waals surface area contributed by atoms with Crippen molar-refractivity contribution in [2.24, 2.45) is 0 Å². The summed E-state index contributed by atoms with van der Waals surface area (Å²) in [5.41, 5.74) is 5.35. The Morgan fingerprint density at radius 2 is 0.889 bits per heavy atom. The molecule has 3 heteroatoms. The Morgan fingerprint density at radius 3 is 1.39 bits per heavy atom. The Balaban J connectivity index is 1.42. The van der Waals surface area contributed by atoms with E-state index in [1.807, 2.05) is 54.6 Å². The van der Waals surface area contributed by atoms with Crippen LogP contribution in [-0.4, -0.2) is 4.98 Å². The predicted octanol–water partition coefficient (Wildman–Crippen LogP) is 7.31. The fourth-order valence-electron chi connectivity index (χ4n) is 4.49. The molecule has 0 spiro atoms. The van der Waals surface area contributed by atoms with Crippen LogP contribution in [0.25, 0.3) is 0 Å². The van der Waals surface area contributed by atoms with Gasteiger partial charge in [0, 0.05) is 0 Å². The highest BCUT2D eigenvalue weighted by Crippen LogP contribution is 2.41. The standard InChI is InChI=1S/C33H29NO2/c1-5-14-27(15-6-1)24-35-25-31-22-13-23-32(34-31)26-36-33(28-16-7-2-8-17-28,29-18-9-3-10-19-29)30-20-11-4-12-21-30/h1-23H,24-26H2. The van der Waals surface area contributed by atoms with Gasteiger partial charge in [0.2, 0.25) is 0 Å². The van der Waals surface area contributed by atoms with Crippen LogP contribution < -0.4 is 0 Å². The van der Waals surface area contributed by atoms with Crippen molar-refractivity contribution in [3.05, 3.63) is 173 Å². The van der Waals surface area contributed by atoms with Gasteiger partial charge in [0.15, 0.2) is 0 Å². The van der Waals surface area contributed by atoms with Gasteiger partial charge in [-0.15, -0.1) is 0 Å². The van der Waals surface area contributed by atoms with Gasteiger partial charge in [-0.2, -0.15) is 0 Å². The van der Waals surface area contributed by atoms with Gasteiger partial charge in [0.05, 0.1) is 31.2 Å². The quantitative estimate of drug-likeness (QED) is 0.200. The minimum Gasteiger partial charge on any atom is -0.370 e. The fourth-order valence-corrected chi connectivity index (χ4v) is 4.49. The third-order valence-corrected chi connectivity index (χ3v) is 6.20. The molecule has 0 N–H and O–H groups in total. The third-order valence-electron chi connectivity index (χ3n) is 6.20. The second kappa shape index (κ2) is 11.6. The smallest absolute Gasteiger partial charge is 0.144 e. The molecule has 1 aromatic heterocycles. The van der Waals surface area contributed by atoms with Crippen molar-refractivity contribution in [2.45, 2.75) is 25.4 Å². The molecular formula is C33H29NO2. The molecule has 0 unspecified atom stereocenters. The molecule has 5 aromatic rings. The lowest BCUT2D eigenvalue weighted by atomic mass is 9.80. The van der Waals surface area contributed by atoms with Gasteiger partial charge < -0.3 is 9.47 Å². The van der Waals surface area contributed by atoms with E-state index >= 15 is 0 Å². The second-order valence-electron chi connectivity index (χ2n) is 8.67. The highest BCUT2D eigenvalue weighted by Gasteiger charge is 2.37. The van der Waals surface area contributed by atoms with Crippen molar-refractivity contribution in [1.29, 1.82) is 0 Å². The first kappa shape index (κ1) is 23.7. The average molecular weight is 472 g/mol. The van der Waals surface area contributed by atoms with Crippen molar-refractivity contribution in [3.63, 3.8) is 0 Å². The lowest BCUT2D eigenvalue weighted by Crippen LogP contribution is -2.33. The maximum Gasteiger partial charge on any atom is 0.144 e. The SMILES string of the molecule is c1ccc(COCc2cccc(COC(c3ccccc3)(c3ccccc3)c3ccccc3)n2)cc1. The monoisotopic (exact) mass is 471 g/mol. The Kier molecular flexibility index (Phi) is 7.62. The van der Waals surface area contributed by atoms with Gasteiger partial charge in [-0.05, 0) is 34.4 Å². The first-order valence-electron chi connectivity index (χ1n) is 12.2. The Labute approximate surface area is 213 Å². The van der Waals surface area contributed by atoms with Crippen molar-refractivity contribution < 1.29 is 9.47 Å². The number of benzene rings is 4. The maximum absolute atomic E-state index is 6.90. The zero-order valence-electron chi connectivity index (χ0n) is 20.2. The van der Waals surface area contributed by atoms with E-state index < -0.39 is 5.60 Å². The van der Waals surface area contributed by atoms with Crippen LogP contribution in [0.3, 0.4) is 0 Å². The zero-order valence-corrected chi connectivity index (χ0v) is 20.2. The molecule has 3 nitrogen and oxygen atoms in total. The third kappa shape index (κ3) is 5.44. The summed E-state index contributed by atoms with van der Waals surface area (Å²) in [4.78, 5) is 4.84. The van der Waals surface area contributed by atoms with Crippen molar-refractivity contribution >= 4 is 0 Å². The summed E-state index contributed by atoms with van der Waals surface area (Å²) < 4.78 is 12.8. The molecule has 178 valence electrons. The molecule has 0 fully saturated rings. The molecule has 5 rings (SSSR count). The zero-order chi connectivity index (χ0) is 24.5. The van der Waals surface area contributed by atoms with Gasteiger partial charge in [-0.25, -0.2) is 0 Å². The lowest BCUT2D eigenvalue weighted by molar-refractivity contribution is -0.00165.